The fourth-order valence-corrected chi connectivity index (χ4v) is 3.37. The van der Waals surface area contributed by atoms with Gasteiger partial charge in [-0.15, -0.1) is 0 Å². The van der Waals surface area contributed by atoms with E-state index in [0.29, 0.717) is 13.1 Å². The second kappa shape index (κ2) is 7.70. The Morgan fingerprint density at radius 3 is 2.80 bits per heavy atom. The first kappa shape index (κ1) is 17.5. The Balaban J connectivity index is 1.82. The molecule has 134 valence electrons. The Hall–Kier alpha value is -2.34. The quantitative estimate of drug-likeness (QED) is 0.804. The molecule has 2 aromatic rings. The van der Waals surface area contributed by atoms with Crippen LogP contribution in [-0.4, -0.2) is 42.4 Å². The van der Waals surface area contributed by atoms with Gasteiger partial charge in [0.2, 0.25) is 11.8 Å². The van der Waals surface area contributed by atoms with Crippen molar-refractivity contribution in [2.45, 2.75) is 39.3 Å². The molecule has 0 aliphatic carbocycles. The number of fused-ring (bicyclic) bond motifs is 1. The molecule has 6 heteroatoms. The predicted molar refractivity (Wildman–Crippen MR) is 96.1 cm³/mol. The predicted octanol–water partition coefficient (Wildman–Crippen LogP) is 1.82. The number of benzene rings is 1. The van der Waals surface area contributed by atoms with E-state index in [-0.39, 0.29) is 18.4 Å². The number of carbonyl (C=O) groups excluding carboxylic acids is 2. The molecule has 0 spiro atoms. The van der Waals surface area contributed by atoms with Crippen molar-refractivity contribution in [2.24, 2.45) is 0 Å². The van der Waals surface area contributed by atoms with Crippen molar-refractivity contribution in [3.8, 4) is 0 Å². The molecule has 3 rings (SSSR count). The van der Waals surface area contributed by atoms with Gasteiger partial charge in [-0.1, -0.05) is 32.0 Å². The minimum Gasteiger partial charge on any atom is -0.461 e. The van der Waals surface area contributed by atoms with Gasteiger partial charge in [0.1, 0.15) is 17.4 Å². The minimum absolute atomic E-state index is 0.0649. The van der Waals surface area contributed by atoms with Gasteiger partial charge in [0.15, 0.2) is 0 Å². The number of para-hydroxylation sites is 1. The third-order valence-corrected chi connectivity index (χ3v) is 4.54. The normalized spacial score (nSPS) is 17.8. The second-order valence-corrected chi connectivity index (χ2v) is 6.43. The van der Waals surface area contributed by atoms with Crippen LogP contribution in [0.2, 0.25) is 0 Å². The van der Waals surface area contributed by atoms with E-state index >= 15 is 0 Å². The lowest BCUT2D eigenvalue weighted by Gasteiger charge is -2.29. The van der Waals surface area contributed by atoms with Gasteiger partial charge in [0.05, 0.1) is 6.54 Å². The SMILES string of the molecule is CCCN(Cc1c(CC)oc2ccccc12)CC1NC(=O)CNC1=O. The molecule has 1 aromatic heterocycles. The molecular formula is C19H25N3O3. The average Bonchev–Trinajstić information content (AvgIpc) is 2.96. The summed E-state index contributed by atoms with van der Waals surface area (Å²) in [6, 6.07) is 7.54. The van der Waals surface area contributed by atoms with Crippen LogP contribution in [0.15, 0.2) is 28.7 Å². The van der Waals surface area contributed by atoms with Crippen LogP contribution >= 0.6 is 0 Å². The Labute approximate surface area is 147 Å². The zero-order valence-corrected chi connectivity index (χ0v) is 14.8. The highest BCUT2D eigenvalue weighted by Gasteiger charge is 2.28. The largest absolute Gasteiger partial charge is 0.461 e. The topological polar surface area (TPSA) is 74.6 Å². The number of nitrogens with zero attached hydrogens (tertiary/aromatic N) is 1. The monoisotopic (exact) mass is 343 g/mol. The van der Waals surface area contributed by atoms with Crippen LogP contribution in [0.25, 0.3) is 11.0 Å². The van der Waals surface area contributed by atoms with Crippen molar-refractivity contribution in [3.63, 3.8) is 0 Å². The molecule has 1 fully saturated rings. The fraction of sp³-hybridized carbons (Fsp3) is 0.474. The molecule has 1 atom stereocenters. The standard InChI is InChI=1S/C19H25N3O3/c1-3-9-22(12-15-19(24)20-10-18(23)21-15)11-14-13-7-5-6-8-17(13)25-16(14)4-2/h5-8,15H,3-4,9-12H2,1-2H3,(H,20,24)(H,21,23). The summed E-state index contributed by atoms with van der Waals surface area (Å²) in [7, 11) is 0. The number of rotatable bonds is 7. The molecule has 6 nitrogen and oxygen atoms in total. The summed E-state index contributed by atoms with van der Waals surface area (Å²) in [6.07, 6.45) is 1.80. The van der Waals surface area contributed by atoms with Crippen LogP contribution in [0.5, 0.6) is 0 Å². The zero-order valence-electron chi connectivity index (χ0n) is 14.8. The first-order valence-corrected chi connectivity index (χ1v) is 8.91. The summed E-state index contributed by atoms with van der Waals surface area (Å²) in [6.45, 7) is 6.31. The maximum absolute atomic E-state index is 12.0. The van der Waals surface area contributed by atoms with Gasteiger partial charge >= 0.3 is 0 Å². The Bertz CT molecular complexity index is 768. The molecule has 1 aromatic carbocycles. The third-order valence-electron chi connectivity index (χ3n) is 4.54. The summed E-state index contributed by atoms with van der Waals surface area (Å²) in [4.78, 5) is 25.9. The van der Waals surface area contributed by atoms with Gasteiger partial charge < -0.3 is 15.1 Å². The molecule has 0 bridgehead atoms. The summed E-state index contributed by atoms with van der Waals surface area (Å²) in [5.74, 6) is 0.733. The maximum Gasteiger partial charge on any atom is 0.244 e. The molecule has 1 aliphatic heterocycles. The van der Waals surface area contributed by atoms with E-state index in [2.05, 4.69) is 35.4 Å². The van der Waals surface area contributed by atoms with Crippen LogP contribution in [0, 0.1) is 0 Å². The minimum atomic E-state index is -0.504. The average molecular weight is 343 g/mol. The Kier molecular flexibility index (Phi) is 5.38. The number of amides is 2. The van der Waals surface area contributed by atoms with Crippen LogP contribution in [0.1, 0.15) is 31.6 Å². The molecule has 0 saturated carbocycles. The zero-order chi connectivity index (χ0) is 17.8. The lowest BCUT2D eigenvalue weighted by molar-refractivity contribution is -0.134. The van der Waals surface area contributed by atoms with Crippen molar-refractivity contribution in [2.75, 3.05) is 19.6 Å². The number of hydrogen-bond acceptors (Lipinski definition) is 4. The number of piperazine rings is 1. The summed E-state index contributed by atoms with van der Waals surface area (Å²) < 4.78 is 5.98. The van der Waals surface area contributed by atoms with E-state index in [1.807, 2.05) is 18.2 Å². The number of hydrogen-bond donors (Lipinski definition) is 2. The van der Waals surface area contributed by atoms with E-state index in [0.717, 1.165) is 36.1 Å². The van der Waals surface area contributed by atoms with Gasteiger partial charge in [0.25, 0.3) is 0 Å². The molecule has 1 unspecified atom stereocenters. The van der Waals surface area contributed by atoms with Crippen LogP contribution in [0.4, 0.5) is 0 Å². The first-order valence-electron chi connectivity index (χ1n) is 8.91. The van der Waals surface area contributed by atoms with Crippen molar-refractivity contribution in [1.82, 2.24) is 15.5 Å². The van der Waals surface area contributed by atoms with Gasteiger partial charge in [-0.3, -0.25) is 14.5 Å². The van der Waals surface area contributed by atoms with E-state index in [1.165, 1.54) is 5.56 Å². The van der Waals surface area contributed by atoms with Crippen molar-refractivity contribution in [3.05, 3.63) is 35.6 Å². The highest BCUT2D eigenvalue weighted by Crippen LogP contribution is 2.27. The van der Waals surface area contributed by atoms with E-state index in [1.54, 1.807) is 0 Å². The van der Waals surface area contributed by atoms with Gasteiger partial charge in [0, 0.05) is 30.5 Å². The Morgan fingerprint density at radius 2 is 2.04 bits per heavy atom. The van der Waals surface area contributed by atoms with E-state index in [9.17, 15) is 9.59 Å². The third kappa shape index (κ3) is 3.85. The number of nitrogens with one attached hydrogen (secondary N) is 2. The number of aryl methyl sites for hydroxylation is 1. The van der Waals surface area contributed by atoms with Gasteiger partial charge in [-0.2, -0.15) is 0 Å². The molecule has 2 heterocycles. The number of carbonyl (C=O) groups is 2. The van der Waals surface area contributed by atoms with Crippen LogP contribution in [0.3, 0.4) is 0 Å². The molecule has 25 heavy (non-hydrogen) atoms. The van der Waals surface area contributed by atoms with Crippen molar-refractivity contribution < 1.29 is 14.0 Å². The lowest BCUT2D eigenvalue weighted by atomic mass is 10.1. The van der Waals surface area contributed by atoms with Gasteiger partial charge in [-0.25, -0.2) is 0 Å². The van der Waals surface area contributed by atoms with Crippen molar-refractivity contribution in [1.29, 1.82) is 0 Å². The Morgan fingerprint density at radius 1 is 1.24 bits per heavy atom. The van der Waals surface area contributed by atoms with Crippen LogP contribution in [-0.2, 0) is 22.6 Å². The second-order valence-electron chi connectivity index (χ2n) is 6.43. The summed E-state index contributed by atoms with van der Waals surface area (Å²) >= 11 is 0. The summed E-state index contributed by atoms with van der Waals surface area (Å²) in [5.41, 5.74) is 2.07. The highest BCUT2D eigenvalue weighted by molar-refractivity contribution is 5.94. The summed E-state index contributed by atoms with van der Waals surface area (Å²) in [5, 5.41) is 6.55. The smallest absolute Gasteiger partial charge is 0.244 e. The molecule has 2 N–H and O–H groups in total. The fourth-order valence-electron chi connectivity index (χ4n) is 3.37. The lowest BCUT2D eigenvalue weighted by Crippen LogP contribution is -2.59. The highest BCUT2D eigenvalue weighted by atomic mass is 16.3. The first-order chi connectivity index (χ1) is 12.1. The maximum atomic E-state index is 12.0. The van der Waals surface area contributed by atoms with Crippen molar-refractivity contribution >= 4 is 22.8 Å². The van der Waals surface area contributed by atoms with Crippen LogP contribution < -0.4 is 10.6 Å². The molecule has 1 saturated heterocycles. The molecule has 0 radical (unpaired) electrons. The molecular weight excluding hydrogens is 318 g/mol. The molecule has 2 amide bonds. The van der Waals surface area contributed by atoms with E-state index < -0.39 is 6.04 Å². The van der Waals surface area contributed by atoms with Gasteiger partial charge in [-0.05, 0) is 19.0 Å². The van der Waals surface area contributed by atoms with E-state index in [4.69, 9.17) is 4.42 Å². The molecule has 1 aliphatic rings. The number of furan rings is 1.